The number of aliphatic hydroxyl groups is 1. The van der Waals surface area contributed by atoms with Crippen molar-refractivity contribution in [2.45, 2.75) is 52.1 Å². The summed E-state index contributed by atoms with van der Waals surface area (Å²) >= 11 is 3.38. The van der Waals surface area contributed by atoms with Gasteiger partial charge in [0.25, 0.3) is 0 Å². The third-order valence-electron chi connectivity index (χ3n) is 4.32. The lowest BCUT2D eigenvalue weighted by atomic mass is 9.61. The van der Waals surface area contributed by atoms with E-state index in [0.29, 0.717) is 12.0 Å². The summed E-state index contributed by atoms with van der Waals surface area (Å²) in [5, 5.41) is 11.2. The molecular weight excluding hydrogens is 307 g/mol. The fraction of sp³-hybridized carbons (Fsp3) is 0.625. The molecule has 0 radical (unpaired) electrons. The van der Waals surface area contributed by atoms with Gasteiger partial charge >= 0.3 is 0 Å². The molecule has 2 atom stereocenters. The molecule has 0 aromatic heterocycles. The first-order valence-electron chi connectivity index (χ1n) is 6.93. The second kappa shape index (κ2) is 5.17. The smallest absolute Gasteiger partial charge is 0.129 e. The Kier molecular flexibility index (Phi) is 4.08. The Morgan fingerprint density at radius 2 is 2.00 bits per heavy atom. The minimum Gasteiger partial charge on any atom is -0.385 e. The lowest BCUT2D eigenvalue weighted by Crippen LogP contribution is -2.45. The van der Waals surface area contributed by atoms with E-state index in [1.54, 1.807) is 12.1 Å². The van der Waals surface area contributed by atoms with Crippen LogP contribution < -0.4 is 0 Å². The van der Waals surface area contributed by atoms with Crippen LogP contribution in [0.25, 0.3) is 0 Å². The molecule has 0 bridgehead atoms. The summed E-state index contributed by atoms with van der Waals surface area (Å²) in [5.74, 6) is -0.223. The second-order valence-electron chi connectivity index (χ2n) is 6.71. The standard InChI is InChI=1S/C16H22BrFO/c1-15(2,3)14-6-4-5-9-16(14,19)12-10-11(17)7-8-13(12)18/h7-8,10,14,19H,4-6,9H2,1-3H3. The molecule has 0 heterocycles. The lowest BCUT2D eigenvalue weighted by molar-refractivity contribution is -0.0980. The number of hydrogen-bond acceptors (Lipinski definition) is 1. The summed E-state index contributed by atoms with van der Waals surface area (Å²) < 4.78 is 15.0. The van der Waals surface area contributed by atoms with E-state index < -0.39 is 5.60 Å². The first kappa shape index (κ1) is 15.0. The van der Waals surface area contributed by atoms with E-state index >= 15 is 0 Å². The molecular formula is C16H22BrFO. The zero-order valence-corrected chi connectivity index (χ0v) is 13.4. The zero-order valence-electron chi connectivity index (χ0n) is 11.8. The van der Waals surface area contributed by atoms with E-state index in [1.165, 1.54) is 6.07 Å². The summed E-state index contributed by atoms with van der Waals surface area (Å²) in [6.07, 6.45) is 3.66. The van der Waals surface area contributed by atoms with E-state index in [-0.39, 0.29) is 17.2 Å². The summed E-state index contributed by atoms with van der Waals surface area (Å²) in [7, 11) is 0. The molecule has 1 fully saturated rings. The Morgan fingerprint density at radius 3 is 2.63 bits per heavy atom. The highest BCUT2D eigenvalue weighted by Crippen LogP contribution is 2.50. The highest BCUT2D eigenvalue weighted by molar-refractivity contribution is 9.10. The lowest BCUT2D eigenvalue weighted by Gasteiger charge is -2.47. The van der Waals surface area contributed by atoms with Crippen molar-refractivity contribution >= 4 is 15.9 Å². The molecule has 1 aliphatic carbocycles. The molecule has 1 N–H and O–H groups in total. The maximum atomic E-state index is 14.2. The third kappa shape index (κ3) is 2.87. The quantitative estimate of drug-likeness (QED) is 0.768. The molecule has 1 aromatic carbocycles. The summed E-state index contributed by atoms with van der Waals surface area (Å²) in [6.45, 7) is 6.39. The van der Waals surface area contributed by atoms with Gasteiger partial charge in [-0.3, -0.25) is 0 Å². The molecule has 1 aliphatic rings. The van der Waals surface area contributed by atoms with E-state index in [1.807, 2.05) is 0 Å². The maximum absolute atomic E-state index is 14.2. The van der Waals surface area contributed by atoms with Gasteiger partial charge in [0.2, 0.25) is 0 Å². The molecule has 1 nitrogen and oxygen atoms in total. The van der Waals surface area contributed by atoms with Crippen molar-refractivity contribution in [3.05, 3.63) is 34.1 Å². The summed E-state index contributed by atoms with van der Waals surface area (Å²) in [5.41, 5.74) is -0.643. The molecule has 0 amide bonds. The molecule has 0 aliphatic heterocycles. The number of halogens is 2. The van der Waals surface area contributed by atoms with Gasteiger partial charge in [0.1, 0.15) is 5.82 Å². The van der Waals surface area contributed by atoms with Gasteiger partial charge in [0.15, 0.2) is 0 Å². The Balaban J connectivity index is 2.51. The van der Waals surface area contributed by atoms with Crippen molar-refractivity contribution in [1.82, 2.24) is 0 Å². The average Bonchev–Trinajstić information content (AvgIpc) is 2.31. The van der Waals surface area contributed by atoms with Crippen molar-refractivity contribution in [1.29, 1.82) is 0 Å². The summed E-state index contributed by atoms with van der Waals surface area (Å²) in [4.78, 5) is 0. The van der Waals surface area contributed by atoms with Gasteiger partial charge in [0.05, 0.1) is 5.60 Å². The van der Waals surface area contributed by atoms with Gasteiger partial charge in [-0.05, 0) is 42.4 Å². The van der Waals surface area contributed by atoms with Crippen LogP contribution in [0.15, 0.2) is 22.7 Å². The molecule has 0 saturated heterocycles. The molecule has 3 heteroatoms. The fourth-order valence-electron chi connectivity index (χ4n) is 3.46. The SMILES string of the molecule is CC(C)(C)C1CCCCC1(O)c1cc(Br)ccc1F. The topological polar surface area (TPSA) is 20.2 Å². The van der Waals surface area contributed by atoms with Crippen LogP contribution in [0, 0.1) is 17.2 Å². The van der Waals surface area contributed by atoms with E-state index in [0.717, 1.165) is 23.7 Å². The third-order valence-corrected chi connectivity index (χ3v) is 4.81. The van der Waals surface area contributed by atoms with Crippen LogP contribution in [-0.4, -0.2) is 5.11 Å². The zero-order chi connectivity index (χ0) is 14.3. The van der Waals surface area contributed by atoms with Gasteiger partial charge in [0, 0.05) is 10.0 Å². The van der Waals surface area contributed by atoms with Crippen molar-refractivity contribution in [3.63, 3.8) is 0 Å². The summed E-state index contributed by atoms with van der Waals surface area (Å²) in [6, 6.07) is 4.85. The van der Waals surface area contributed by atoms with E-state index in [2.05, 4.69) is 36.7 Å². The van der Waals surface area contributed by atoms with Crippen molar-refractivity contribution in [2.75, 3.05) is 0 Å². The molecule has 1 saturated carbocycles. The molecule has 2 unspecified atom stereocenters. The second-order valence-corrected chi connectivity index (χ2v) is 7.63. The van der Waals surface area contributed by atoms with E-state index in [4.69, 9.17) is 0 Å². The van der Waals surface area contributed by atoms with Crippen LogP contribution in [0.2, 0.25) is 0 Å². The van der Waals surface area contributed by atoms with Crippen LogP contribution in [0.4, 0.5) is 4.39 Å². The van der Waals surface area contributed by atoms with Crippen molar-refractivity contribution in [2.24, 2.45) is 11.3 Å². The van der Waals surface area contributed by atoms with Gasteiger partial charge in [-0.1, -0.05) is 49.5 Å². The van der Waals surface area contributed by atoms with Gasteiger partial charge in [-0.25, -0.2) is 4.39 Å². The Labute approximate surface area is 123 Å². The van der Waals surface area contributed by atoms with Crippen molar-refractivity contribution in [3.8, 4) is 0 Å². The minimum atomic E-state index is -1.05. The van der Waals surface area contributed by atoms with Crippen molar-refractivity contribution < 1.29 is 9.50 Å². The van der Waals surface area contributed by atoms with Gasteiger partial charge < -0.3 is 5.11 Å². The number of benzene rings is 1. The monoisotopic (exact) mass is 328 g/mol. The molecule has 2 rings (SSSR count). The van der Waals surface area contributed by atoms with Crippen LogP contribution >= 0.6 is 15.9 Å². The predicted molar refractivity (Wildman–Crippen MR) is 79.4 cm³/mol. The fourth-order valence-corrected chi connectivity index (χ4v) is 3.82. The molecule has 0 spiro atoms. The number of hydrogen-bond donors (Lipinski definition) is 1. The first-order chi connectivity index (χ1) is 8.75. The minimum absolute atomic E-state index is 0.0378. The van der Waals surface area contributed by atoms with Crippen LogP contribution in [0.1, 0.15) is 52.0 Å². The van der Waals surface area contributed by atoms with Crippen LogP contribution in [-0.2, 0) is 5.60 Å². The van der Waals surface area contributed by atoms with Gasteiger partial charge in [-0.15, -0.1) is 0 Å². The normalized spacial score (nSPS) is 28.4. The average molecular weight is 329 g/mol. The highest BCUT2D eigenvalue weighted by atomic mass is 79.9. The van der Waals surface area contributed by atoms with Gasteiger partial charge in [-0.2, -0.15) is 0 Å². The maximum Gasteiger partial charge on any atom is 0.129 e. The largest absolute Gasteiger partial charge is 0.385 e. The Bertz CT molecular complexity index is 466. The Morgan fingerprint density at radius 1 is 1.32 bits per heavy atom. The Hall–Kier alpha value is -0.410. The first-order valence-corrected chi connectivity index (χ1v) is 7.72. The number of rotatable bonds is 1. The van der Waals surface area contributed by atoms with Crippen LogP contribution in [0.5, 0.6) is 0 Å². The molecule has 19 heavy (non-hydrogen) atoms. The highest BCUT2D eigenvalue weighted by Gasteiger charge is 2.47. The van der Waals surface area contributed by atoms with Crippen LogP contribution in [0.3, 0.4) is 0 Å². The molecule has 1 aromatic rings. The van der Waals surface area contributed by atoms with E-state index in [9.17, 15) is 9.50 Å². The predicted octanol–water partition coefficient (Wildman–Crippen LogP) is 5.01. The molecule has 106 valence electrons.